The predicted octanol–water partition coefficient (Wildman–Crippen LogP) is 1.61. The predicted molar refractivity (Wildman–Crippen MR) is 79.4 cm³/mol. The number of nitrogens with two attached hydrogens (primary N) is 1. The van der Waals surface area contributed by atoms with Crippen molar-refractivity contribution in [3.63, 3.8) is 0 Å². The molecule has 0 unspecified atom stereocenters. The first-order chi connectivity index (χ1) is 10.4. The van der Waals surface area contributed by atoms with Crippen LogP contribution in [0.2, 0.25) is 0 Å². The number of carbonyl (C=O) groups excluding carboxylic acids is 3. The van der Waals surface area contributed by atoms with Crippen LogP contribution in [0.5, 0.6) is 5.75 Å². The van der Waals surface area contributed by atoms with Crippen LogP contribution in [-0.4, -0.2) is 30.6 Å². The molecule has 0 saturated carbocycles. The zero-order chi connectivity index (χ0) is 16.5. The summed E-state index contributed by atoms with van der Waals surface area (Å²) in [4.78, 5) is 33.8. The topological polar surface area (TPSA) is 108 Å². The van der Waals surface area contributed by atoms with Crippen molar-refractivity contribution in [1.29, 1.82) is 0 Å². The van der Waals surface area contributed by atoms with Gasteiger partial charge in [-0.1, -0.05) is 13.3 Å². The second kappa shape index (κ2) is 8.66. The highest BCUT2D eigenvalue weighted by molar-refractivity contribution is 5.98. The maximum atomic E-state index is 11.9. The lowest BCUT2D eigenvalue weighted by atomic mass is 10.2. The molecule has 1 aromatic carbocycles. The van der Waals surface area contributed by atoms with E-state index in [1.807, 2.05) is 5.32 Å². The molecule has 0 aliphatic heterocycles. The van der Waals surface area contributed by atoms with Crippen LogP contribution in [0.4, 0.5) is 4.79 Å². The molecule has 0 saturated heterocycles. The van der Waals surface area contributed by atoms with Gasteiger partial charge in [0.05, 0.1) is 12.2 Å². The number of urea groups is 1. The summed E-state index contributed by atoms with van der Waals surface area (Å²) in [6, 6.07) is 5.40. The molecule has 7 heteroatoms. The number of imide groups is 1. The van der Waals surface area contributed by atoms with Crippen LogP contribution in [0.25, 0.3) is 0 Å². The smallest absolute Gasteiger partial charge is 0.338 e. The Kier molecular flexibility index (Phi) is 6.88. The third-order valence-electron chi connectivity index (χ3n) is 2.76. The zero-order valence-electron chi connectivity index (χ0n) is 12.6. The first-order valence-corrected chi connectivity index (χ1v) is 6.98. The van der Waals surface area contributed by atoms with E-state index in [1.54, 1.807) is 24.3 Å². The molecule has 7 nitrogen and oxygen atoms in total. The Bertz CT molecular complexity index is 527. The minimum Gasteiger partial charge on any atom is -0.494 e. The number of hydrogen-bond donors (Lipinski definition) is 2. The number of esters is 1. The van der Waals surface area contributed by atoms with Gasteiger partial charge in [0.15, 0.2) is 6.10 Å². The molecule has 0 aromatic heterocycles. The molecular formula is C15H20N2O5. The van der Waals surface area contributed by atoms with E-state index >= 15 is 0 Å². The van der Waals surface area contributed by atoms with Crippen LogP contribution < -0.4 is 15.8 Å². The number of carbonyl (C=O) groups is 3. The highest BCUT2D eigenvalue weighted by Gasteiger charge is 2.19. The van der Waals surface area contributed by atoms with E-state index in [0.717, 1.165) is 12.8 Å². The van der Waals surface area contributed by atoms with E-state index in [4.69, 9.17) is 15.2 Å². The largest absolute Gasteiger partial charge is 0.494 e. The number of amides is 3. The summed E-state index contributed by atoms with van der Waals surface area (Å²) in [6.07, 6.45) is 0.867. The monoisotopic (exact) mass is 308 g/mol. The average Bonchev–Trinajstić information content (AvgIpc) is 2.47. The van der Waals surface area contributed by atoms with Gasteiger partial charge in [0.1, 0.15) is 5.75 Å². The van der Waals surface area contributed by atoms with Crippen molar-refractivity contribution >= 4 is 17.9 Å². The number of benzene rings is 1. The van der Waals surface area contributed by atoms with Gasteiger partial charge < -0.3 is 15.2 Å². The van der Waals surface area contributed by atoms with Crippen molar-refractivity contribution in [2.45, 2.75) is 32.8 Å². The summed E-state index contributed by atoms with van der Waals surface area (Å²) in [5.41, 5.74) is 5.09. The van der Waals surface area contributed by atoms with Crippen LogP contribution in [0.15, 0.2) is 24.3 Å². The number of rotatable bonds is 7. The molecule has 1 atom stereocenters. The van der Waals surface area contributed by atoms with E-state index in [2.05, 4.69) is 6.92 Å². The fraction of sp³-hybridized carbons (Fsp3) is 0.400. The fourth-order valence-corrected chi connectivity index (χ4v) is 1.53. The number of unbranched alkanes of at least 4 members (excludes halogenated alkanes) is 1. The van der Waals surface area contributed by atoms with E-state index in [1.165, 1.54) is 6.92 Å². The van der Waals surface area contributed by atoms with Gasteiger partial charge in [-0.3, -0.25) is 10.1 Å². The fourth-order valence-electron chi connectivity index (χ4n) is 1.53. The number of primary amides is 1. The third-order valence-corrected chi connectivity index (χ3v) is 2.76. The second-order valence-electron chi connectivity index (χ2n) is 4.63. The molecule has 3 N–H and O–H groups in total. The summed E-state index contributed by atoms with van der Waals surface area (Å²) in [7, 11) is 0. The van der Waals surface area contributed by atoms with Gasteiger partial charge in [0.2, 0.25) is 0 Å². The molecule has 0 radical (unpaired) electrons. The van der Waals surface area contributed by atoms with Gasteiger partial charge in [-0.15, -0.1) is 0 Å². The SMILES string of the molecule is CCCCOc1ccc(C(=O)O[C@H](C)C(=O)NC(N)=O)cc1. The normalized spacial score (nSPS) is 11.4. The molecule has 22 heavy (non-hydrogen) atoms. The Balaban J connectivity index is 2.55. The minimum absolute atomic E-state index is 0.279. The lowest BCUT2D eigenvalue weighted by Gasteiger charge is -2.12. The van der Waals surface area contributed by atoms with Crippen molar-refractivity contribution in [3.05, 3.63) is 29.8 Å². The minimum atomic E-state index is -1.12. The average molecular weight is 308 g/mol. The van der Waals surface area contributed by atoms with Gasteiger partial charge in [0, 0.05) is 0 Å². The lowest BCUT2D eigenvalue weighted by Crippen LogP contribution is -2.42. The van der Waals surface area contributed by atoms with E-state index in [-0.39, 0.29) is 5.56 Å². The molecule has 0 aliphatic rings. The number of nitrogens with one attached hydrogen (secondary N) is 1. The maximum absolute atomic E-state index is 11.9. The van der Waals surface area contributed by atoms with Crippen molar-refractivity contribution < 1.29 is 23.9 Å². The summed E-state index contributed by atoms with van der Waals surface area (Å²) < 4.78 is 10.4. The van der Waals surface area contributed by atoms with E-state index < -0.39 is 24.0 Å². The van der Waals surface area contributed by atoms with Crippen LogP contribution in [0, 0.1) is 0 Å². The quantitative estimate of drug-likeness (QED) is 0.587. The van der Waals surface area contributed by atoms with Crippen molar-refractivity contribution in [3.8, 4) is 5.75 Å². The molecule has 1 rings (SSSR count). The van der Waals surface area contributed by atoms with Gasteiger partial charge >= 0.3 is 12.0 Å². The van der Waals surface area contributed by atoms with Gasteiger partial charge in [-0.25, -0.2) is 9.59 Å². The van der Waals surface area contributed by atoms with Crippen LogP contribution in [-0.2, 0) is 9.53 Å². The van der Waals surface area contributed by atoms with Gasteiger partial charge in [-0.2, -0.15) is 0 Å². The molecule has 0 heterocycles. The van der Waals surface area contributed by atoms with Crippen LogP contribution >= 0.6 is 0 Å². The summed E-state index contributed by atoms with van der Waals surface area (Å²) in [5, 5.41) is 1.84. The number of hydrogen-bond acceptors (Lipinski definition) is 5. The first kappa shape index (κ1) is 17.5. The molecule has 0 aliphatic carbocycles. The summed E-state index contributed by atoms with van der Waals surface area (Å²) in [5.74, 6) is -0.794. The van der Waals surface area contributed by atoms with E-state index in [0.29, 0.717) is 12.4 Å². The highest BCUT2D eigenvalue weighted by atomic mass is 16.5. The Hall–Kier alpha value is -2.57. The molecule has 0 spiro atoms. The molecule has 1 aromatic rings. The van der Waals surface area contributed by atoms with Crippen molar-refractivity contribution in [2.75, 3.05) is 6.61 Å². The molecule has 0 fully saturated rings. The van der Waals surface area contributed by atoms with Crippen molar-refractivity contribution in [1.82, 2.24) is 5.32 Å². The summed E-state index contributed by atoms with van der Waals surface area (Å²) in [6.45, 7) is 4.03. The van der Waals surface area contributed by atoms with Gasteiger partial charge in [-0.05, 0) is 37.6 Å². The Morgan fingerprint density at radius 1 is 1.23 bits per heavy atom. The number of ether oxygens (including phenoxy) is 2. The third kappa shape index (κ3) is 5.82. The lowest BCUT2D eigenvalue weighted by molar-refractivity contribution is -0.127. The summed E-state index contributed by atoms with van der Waals surface area (Å²) >= 11 is 0. The second-order valence-corrected chi connectivity index (χ2v) is 4.63. The van der Waals surface area contributed by atoms with Crippen molar-refractivity contribution in [2.24, 2.45) is 5.73 Å². The van der Waals surface area contributed by atoms with Crippen LogP contribution in [0.3, 0.4) is 0 Å². The zero-order valence-corrected chi connectivity index (χ0v) is 12.6. The highest BCUT2D eigenvalue weighted by Crippen LogP contribution is 2.14. The maximum Gasteiger partial charge on any atom is 0.338 e. The standard InChI is InChI=1S/C15H20N2O5/c1-3-4-9-21-12-7-5-11(6-8-12)14(19)22-10(2)13(18)17-15(16)20/h5-8,10H,3-4,9H2,1-2H3,(H3,16,17,18,20)/t10-/m1/s1. The van der Waals surface area contributed by atoms with Crippen LogP contribution in [0.1, 0.15) is 37.0 Å². The van der Waals surface area contributed by atoms with E-state index in [9.17, 15) is 14.4 Å². The molecular weight excluding hydrogens is 288 g/mol. The molecule has 0 bridgehead atoms. The molecule has 3 amide bonds. The Morgan fingerprint density at radius 2 is 1.86 bits per heavy atom. The first-order valence-electron chi connectivity index (χ1n) is 6.98. The molecule has 120 valence electrons. The Labute approximate surface area is 128 Å². The Morgan fingerprint density at radius 3 is 2.41 bits per heavy atom. The van der Waals surface area contributed by atoms with Gasteiger partial charge in [0.25, 0.3) is 5.91 Å².